The van der Waals surface area contributed by atoms with Crippen LogP contribution in [0.2, 0.25) is 0 Å². The van der Waals surface area contributed by atoms with Gasteiger partial charge in [0.15, 0.2) is 0 Å². The molecule has 17 heavy (non-hydrogen) atoms. The zero-order valence-electron chi connectivity index (χ0n) is 12.2. The first-order valence-corrected chi connectivity index (χ1v) is 7.85. The Kier molecular flexibility index (Phi) is 15.9. The maximum atomic E-state index is 5.50. The first-order chi connectivity index (χ1) is 8.41. The predicted molar refractivity (Wildman–Crippen MR) is 77.0 cm³/mol. The Morgan fingerprint density at radius 3 is 1.82 bits per heavy atom. The molecule has 0 bridgehead atoms. The van der Waals surface area contributed by atoms with Crippen molar-refractivity contribution in [2.45, 2.75) is 90.9 Å². The number of hydrogen-bond donors (Lipinski definition) is 0. The monoisotopic (exact) mass is 241 g/mol. The molecule has 0 saturated heterocycles. The van der Waals surface area contributed by atoms with Gasteiger partial charge in [0.1, 0.15) is 0 Å². The van der Waals surface area contributed by atoms with Gasteiger partial charge in [-0.3, -0.25) is 0 Å². The summed E-state index contributed by atoms with van der Waals surface area (Å²) in [4.78, 5) is 0. The molecule has 1 radical (unpaired) electrons. The lowest BCUT2D eigenvalue weighted by Crippen LogP contribution is -1.92. The largest absolute Gasteiger partial charge is 0.376 e. The molecule has 0 aromatic carbocycles. The Bertz CT molecular complexity index is 109. The van der Waals surface area contributed by atoms with Gasteiger partial charge < -0.3 is 4.74 Å². The molecule has 103 valence electrons. The summed E-state index contributed by atoms with van der Waals surface area (Å²) in [7, 11) is 0. The number of unbranched alkanes of at least 4 members (excludes halogenated alkanes) is 10. The van der Waals surface area contributed by atoms with Crippen molar-refractivity contribution in [1.82, 2.24) is 0 Å². The molecule has 0 N–H and O–H groups in total. The zero-order valence-corrected chi connectivity index (χ0v) is 12.2. The highest BCUT2D eigenvalue weighted by Gasteiger charge is 1.93. The van der Waals surface area contributed by atoms with Crippen molar-refractivity contribution < 1.29 is 4.74 Å². The minimum atomic E-state index is 0.932. The van der Waals surface area contributed by atoms with Crippen molar-refractivity contribution in [3.05, 3.63) is 6.61 Å². The molecule has 0 aromatic rings. The van der Waals surface area contributed by atoms with Gasteiger partial charge in [-0.25, -0.2) is 0 Å². The topological polar surface area (TPSA) is 9.23 Å². The molecule has 0 heterocycles. The van der Waals surface area contributed by atoms with E-state index in [0.717, 1.165) is 13.0 Å². The minimum absolute atomic E-state index is 0.932. The standard InChI is InChI=1S/C16H33O/c1-3-5-7-9-10-11-12-14-16-17-15-13-8-6-4-2/h15H,3-14,16H2,1-2H3. The fraction of sp³-hybridized carbons (Fsp3) is 0.938. The van der Waals surface area contributed by atoms with Crippen LogP contribution in [0.4, 0.5) is 0 Å². The molecular weight excluding hydrogens is 208 g/mol. The van der Waals surface area contributed by atoms with Crippen molar-refractivity contribution in [3.8, 4) is 0 Å². The Morgan fingerprint density at radius 1 is 0.647 bits per heavy atom. The quantitative estimate of drug-likeness (QED) is 0.345. The Balaban J connectivity index is 2.85. The van der Waals surface area contributed by atoms with Gasteiger partial charge in [-0.1, -0.05) is 78.1 Å². The van der Waals surface area contributed by atoms with Crippen LogP contribution in [0, 0.1) is 6.61 Å². The van der Waals surface area contributed by atoms with E-state index in [4.69, 9.17) is 4.74 Å². The number of rotatable bonds is 14. The summed E-state index contributed by atoms with van der Waals surface area (Å²) in [5, 5.41) is 0. The molecule has 0 aliphatic heterocycles. The SMILES string of the molecule is CCCCC[CH]OCCCCCCCCCC. The van der Waals surface area contributed by atoms with E-state index in [1.165, 1.54) is 70.6 Å². The van der Waals surface area contributed by atoms with Gasteiger partial charge in [0, 0.05) is 6.61 Å². The molecule has 0 aromatic heterocycles. The molecule has 0 unspecified atom stereocenters. The molecule has 0 fully saturated rings. The van der Waals surface area contributed by atoms with E-state index in [2.05, 4.69) is 13.8 Å². The summed E-state index contributed by atoms with van der Waals surface area (Å²) in [6.45, 7) is 7.45. The fourth-order valence-corrected chi connectivity index (χ4v) is 1.96. The highest BCUT2D eigenvalue weighted by atomic mass is 16.5. The van der Waals surface area contributed by atoms with Gasteiger partial charge in [-0.05, 0) is 12.8 Å². The lowest BCUT2D eigenvalue weighted by Gasteiger charge is -2.03. The molecule has 0 saturated carbocycles. The predicted octanol–water partition coefficient (Wildman–Crippen LogP) is 5.89. The van der Waals surface area contributed by atoms with Crippen LogP contribution in [0.3, 0.4) is 0 Å². The van der Waals surface area contributed by atoms with Crippen LogP contribution in [0.25, 0.3) is 0 Å². The first kappa shape index (κ1) is 17.0. The summed E-state index contributed by atoms with van der Waals surface area (Å²) in [5.41, 5.74) is 0. The van der Waals surface area contributed by atoms with E-state index in [1.54, 1.807) is 0 Å². The molecule has 1 heteroatoms. The van der Waals surface area contributed by atoms with E-state index in [-0.39, 0.29) is 0 Å². The van der Waals surface area contributed by atoms with Gasteiger partial charge in [0.2, 0.25) is 0 Å². The van der Waals surface area contributed by atoms with Gasteiger partial charge in [0.05, 0.1) is 6.61 Å². The minimum Gasteiger partial charge on any atom is -0.376 e. The van der Waals surface area contributed by atoms with Crippen molar-refractivity contribution in [1.29, 1.82) is 0 Å². The summed E-state index contributed by atoms with van der Waals surface area (Å²) < 4.78 is 5.50. The molecule has 0 aliphatic rings. The maximum absolute atomic E-state index is 5.50. The lowest BCUT2D eigenvalue weighted by molar-refractivity contribution is 0.184. The third-order valence-corrected chi connectivity index (χ3v) is 3.16. The smallest absolute Gasteiger partial charge is 0.0836 e. The van der Waals surface area contributed by atoms with Crippen LogP contribution in [-0.4, -0.2) is 6.61 Å². The second kappa shape index (κ2) is 16.0. The van der Waals surface area contributed by atoms with Crippen molar-refractivity contribution >= 4 is 0 Å². The van der Waals surface area contributed by atoms with Crippen LogP contribution in [0.15, 0.2) is 0 Å². The Hall–Kier alpha value is -0.0400. The molecular formula is C16H33O. The fourth-order valence-electron chi connectivity index (χ4n) is 1.96. The lowest BCUT2D eigenvalue weighted by atomic mass is 10.1. The number of hydrogen-bond acceptors (Lipinski definition) is 1. The first-order valence-electron chi connectivity index (χ1n) is 7.85. The van der Waals surface area contributed by atoms with E-state index < -0.39 is 0 Å². The second-order valence-electron chi connectivity index (χ2n) is 5.01. The van der Waals surface area contributed by atoms with E-state index >= 15 is 0 Å². The molecule has 0 atom stereocenters. The summed E-state index contributed by atoms with van der Waals surface area (Å²) in [6.07, 6.45) is 16.0. The summed E-state index contributed by atoms with van der Waals surface area (Å²) in [5.74, 6) is 0. The van der Waals surface area contributed by atoms with Crippen LogP contribution in [-0.2, 0) is 4.74 Å². The molecule has 0 rings (SSSR count). The van der Waals surface area contributed by atoms with Crippen molar-refractivity contribution in [2.75, 3.05) is 6.61 Å². The van der Waals surface area contributed by atoms with E-state index in [1.807, 2.05) is 6.61 Å². The Labute approximate surface area is 109 Å². The normalized spacial score (nSPS) is 10.9. The van der Waals surface area contributed by atoms with Gasteiger partial charge in [-0.15, -0.1) is 0 Å². The van der Waals surface area contributed by atoms with Crippen molar-refractivity contribution in [2.24, 2.45) is 0 Å². The van der Waals surface area contributed by atoms with Crippen LogP contribution in [0.5, 0.6) is 0 Å². The van der Waals surface area contributed by atoms with Crippen LogP contribution < -0.4 is 0 Å². The summed E-state index contributed by atoms with van der Waals surface area (Å²) >= 11 is 0. The van der Waals surface area contributed by atoms with E-state index in [0.29, 0.717) is 0 Å². The molecule has 0 aliphatic carbocycles. The van der Waals surface area contributed by atoms with Crippen LogP contribution in [0.1, 0.15) is 90.9 Å². The molecule has 1 nitrogen and oxygen atoms in total. The molecule has 0 amide bonds. The highest BCUT2D eigenvalue weighted by Crippen LogP contribution is 2.09. The van der Waals surface area contributed by atoms with Crippen molar-refractivity contribution in [3.63, 3.8) is 0 Å². The van der Waals surface area contributed by atoms with Crippen LogP contribution >= 0.6 is 0 Å². The van der Waals surface area contributed by atoms with E-state index in [9.17, 15) is 0 Å². The second-order valence-corrected chi connectivity index (χ2v) is 5.01. The Morgan fingerprint density at radius 2 is 1.18 bits per heavy atom. The zero-order chi connectivity index (χ0) is 12.6. The average Bonchev–Trinajstić information content (AvgIpc) is 2.35. The average molecular weight is 241 g/mol. The third kappa shape index (κ3) is 16.0. The molecule has 0 spiro atoms. The van der Waals surface area contributed by atoms with Gasteiger partial charge >= 0.3 is 0 Å². The maximum Gasteiger partial charge on any atom is 0.0836 e. The number of ether oxygens (including phenoxy) is 1. The van der Waals surface area contributed by atoms with Gasteiger partial charge in [-0.2, -0.15) is 0 Å². The summed E-state index contributed by atoms with van der Waals surface area (Å²) in [6, 6.07) is 0. The highest BCUT2D eigenvalue weighted by molar-refractivity contribution is 4.52. The third-order valence-electron chi connectivity index (χ3n) is 3.16. The van der Waals surface area contributed by atoms with Gasteiger partial charge in [0.25, 0.3) is 0 Å².